The number of hydrogen-bond donors (Lipinski definition) is 1. The number of carboxylic acids is 1. The van der Waals surface area contributed by atoms with E-state index in [4.69, 9.17) is 14.2 Å². The van der Waals surface area contributed by atoms with Crippen molar-refractivity contribution < 1.29 is 38.2 Å². The molecule has 0 aliphatic heterocycles. The van der Waals surface area contributed by atoms with E-state index in [0.29, 0.717) is 19.3 Å². The van der Waals surface area contributed by atoms with E-state index in [1.165, 1.54) is 51.4 Å². The quantitative estimate of drug-likeness (QED) is 0.0328. The number of carbonyl (C=O) groups excluding carboxylic acids is 2. The maximum atomic E-state index is 12.6. The zero-order valence-corrected chi connectivity index (χ0v) is 31.2. The minimum atomic E-state index is -0.883. The fourth-order valence-corrected chi connectivity index (χ4v) is 5.16. The summed E-state index contributed by atoms with van der Waals surface area (Å²) in [6.45, 7) is 4.52. The van der Waals surface area contributed by atoms with Gasteiger partial charge in [-0.3, -0.25) is 9.59 Å². The number of aliphatic carboxylic acids is 1. The lowest BCUT2D eigenvalue weighted by atomic mass is 10.1. The van der Waals surface area contributed by atoms with Crippen LogP contribution < -0.4 is 0 Å². The predicted octanol–water partition coefficient (Wildman–Crippen LogP) is 9.29. The van der Waals surface area contributed by atoms with Crippen LogP contribution in [0.3, 0.4) is 0 Å². The number of hydrogen-bond acceptors (Lipinski definition) is 6. The Morgan fingerprint density at radius 1 is 0.646 bits per heavy atom. The molecule has 8 heteroatoms. The number of carbonyl (C=O) groups is 3. The largest absolute Gasteiger partial charge is 0.477 e. The van der Waals surface area contributed by atoms with Gasteiger partial charge in [-0.05, 0) is 32.1 Å². The van der Waals surface area contributed by atoms with Gasteiger partial charge in [0.1, 0.15) is 6.61 Å². The molecular weight excluding hydrogens is 606 g/mol. The summed E-state index contributed by atoms with van der Waals surface area (Å²) in [6.07, 6.45) is 34.4. The summed E-state index contributed by atoms with van der Waals surface area (Å²) >= 11 is 0. The molecule has 276 valence electrons. The Morgan fingerprint density at radius 3 is 1.73 bits per heavy atom. The highest BCUT2D eigenvalue weighted by Gasteiger charge is 2.31. The number of allylic oxidation sites excluding steroid dienone is 8. The van der Waals surface area contributed by atoms with Crippen LogP contribution >= 0.6 is 0 Å². The van der Waals surface area contributed by atoms with Crippen molar-refractivity contribution in [1.82, 2.24) is 0 Å². The van der Waals surface area contributed by atoms with Crippen molar-refractivity contribution in [2.24, 2.45) is 0 Å². The minimum absolute atomic E-state index is 0.0484. The van der Waals surface area contributed by atoms with Crippen molar-refractivity contribution in [2.75, 3.05) is 41.0 Å². The molecule has 1 N–H and O–H groups in total. The maximum absolute atomic E-state index is 12.6. The average molecular weight is 677 g/mol. The van der Waals surface area contributed by atoms with Crippen LogP contribution in [0.4, 0.5) is 0 Å². The highest BCUT2D eigenvalue weighted by Crippen LogP contribution is 2.13. The Hall–Kier alpha value is -2.71. The van der Waals surface area contributed by atoms with Crippen LogP contribution in [0, 0.1) is 0 Å². The number of unbranched alkanes of at least 4 members (excludes halogenated alkanes) is 13. The van der Waals surface area contributed by atoms with Gasteiger partial charge in [0.05, 0.1) is 34.4 Å². The molecule has 0 saturated heterocycles. The van der Waals surface area contributed by atoms with E-state index in [-0.39, 0.29) is 36.2 Å². The van der Waals surface area contributed by atoms with Crippen LogP contribution in [-0.4, -0.2) is 80.6 Å². The molecule has 0 fully saturated rings. The zero-order valence-electron chi connectivity index (χ0n) is 31.2. The van der Waals surface area contributed by atoms with Crippen LogP contribution in [-0.2, 0) is 28.6 Å². The third-order valence-electron chi connectivity index (χ3n) is 8.09. The molecule has 2 atom stereocenters. The van der Waals surface area contributed by atoms with Gasteiger partial charge in [-0.25, -0.2) is 4.79 Å². The van der Waals surface area contributed by atoms with Crippen molar-refractivity contribution in [1.29, 1.82) is 0 Å². The van der Waals surface area contributed by atoms with E-state index in [9.17, 15) is 19.5 Å². The van der Waals surface area contributed by atoms with Crippen LogP contribution in [0.15, 0.2) is 48.6 Å². The van der Waals surface area contributed by atoms with Crippen LogP contribution in [0.25, 0.3) is 0 Å². The van der Waals surface area contributed by atoms with Gasteiger partial charge in [0.15, 0.2) is 12.1 Å². The van der Waals surface area contributed by atoms with Gasteiger partial charge in [-0.1, -0.05) is 133 Å². The number of esters is 2. The minimum Gasteiger partial charge on any atom is -0.477 e. The van der Waals surface area contributed by atoms with Gasteiger partial charge >= 0.3 is 17.9 Å². The number of carboxylic acid groups (broad SMARTS) is 1. The third-order valence-corrected chi connectivity index (χ3v) is 8.09. The zero-order chi connectivity index (χ0) is 35.7. The second-order valence-electron chi connectivity index (χ2n) is 13.5. The second-order valence-corrected chi connectivity index (χ2v) is 13.5. The topological polar surface area (TPSA) is 99.1 Å². The second kappa shape index (κ2) is 31.6. The molecule has 8 nitrogen and oxygen atoms in total. The highest BCUT2D eigenvalue weighted by atomic mass is 16.6. The van der Waals surface area contributed by atoms with Crippen molar-refractivity contribution in [3.63, 3.8) is 0 Å². The first-order valence-corrected chi connectivity index (χ1v) is 18.7. The van der Waals surface area contributed by atoms with E-state index < -0.39 is 18.1 Å². The summed E-state index contributed by atoms with van der Waals surface area (Å²) in [4.78, 5) is 36.7. The summed E-state index contributed by atoms with van der Waals surface area (Å²) < 4.78 is 17.1. The van der Waals surface area contributed by atoms with Crippen LogP contribution in [0.2, 0.25) is 0 Å². The molecule has 2 unspecified atom stereocenters. The molecule has 0 heterocycles. The Morgan fingerprint density at radius 2 is 1.17 bits per heavy atom. The van der Waals surface area contributed by atoms with E-state index in [0.717, 1.165) is 51.4 Å². The Bertz CT molecular complexity index is 932. The summed E-state index contributed by atoms with van der Waals surface area (Å²) in [5, 5.41) is 9.57. The maximum Gasteiger partial charge on any atom is 0.362 e. The first-order valence-electron chi connectivity index (χ1n) is 18.7. The lowest BCUT2D eigenvalue weighted by molar-refractivity contribution is -0.887. The molecule has 0 rings (SSSR count). The molecule has 0 bridgehead atoms. The average Bonchev–Trinajstić information content (AvgIpc) is 3.03. The van der Waals surface area contributed by atoms with Gasteiger partial charge in [0.25, 0.3) is 0 Å². The van der Waals surface area contributed by atoms with Crippen molar-refractivity contribution in [3.8, 4) is 0 Å². The molecule has 0 aliphatic carbocycles. The molecule has 0 radical (unpaired) electrons. The monoisotopic (exact) mass is 677 g/mol. The Labute approximate surface area is 293 Å². The molecule has 0 amide bonds. The molecule has 0 saturated carbocycles. The van der Waals surface area contributed by atoms with Gasteiger partial charge in [0, 0.05) is 19.3 Å². The van der Waals surface area contributed by atoms with Gasteiger partial charge < -0.3 is 23.8 Å². The van der Waals surface area contributed by atoms with Crippen molar-refractivity contribution in [2.45, 2.75) is 148 Å². The first kappa shape index (κ1) is 45.3. The van der Waals surface area contributed by atoms with Crippen LogP contribution in [0.5, 0.6) is 0 Å². The molecule has 0 aromatic rings. The number of nitrogens with zero attached hydrogens (tertiary/aromatic N) is 1. The summed E-state index contributed by atoms with van der Waals surface area (Å²) in [5.74, 6) is -1.52. The fraction of sp³-hybridized carbons (Fsp3) is 0.725. The summed E-state index contributed by atoms with van der Waals surface area (Å²) in [7, 11) is 5.50. The Balaban J connectivity index is 4.51. The van der Waals surface area contributed by atoms with E-state index in [2.05, 4.69) is 26.0 Å². The molecular formula is C40H70NO7+. The molecule has 0 aliphatic rings. The smallest absolute Gasteiger partial charge is 0.362 e. The Kier molecular flexibility index (Phi) is 29.8. The standard InChI is InChI=1S/C40H69NO7/c1-6-8-10-12-14-16-18-19-21-22-24-26-28-30-38(42)47-35-36(34-46-33-32-37(40(44)45)41(3,4)5)48-39(43)31-29-27-25-23-20-17-15-13-11-9-7-2/h8,10,12,14,16,18-19,21,36-37H,6-7,9,11,13,15,17,20,22-35H2,1-5H3/p+1/b10-8+,14-12+,18-16+,21-19+. The van der Waals surface area contributed by atoms with E-state index >= 15 is 0 Å². The molecule has 0 aromatic carbocycles. The number of ether oxygens (including phenoxy) is 3. The lowest BCUT2D eigenvalue weighted by Crippen LogP contribution is -2.50. The molecule has 0 spiro atoms. The van der Waals surface area contributed by atoms with Gasteiger partial charge in [-0.15, -0.1) is 0 Å². The van der Waals surface area contributed by atoms with E-state index in [1.54, 1.807) is 0 Å². The SMILES string of the molecule is CC/C=C/C=C/C=C/C=C/CCCCCC(=O)OCC(COCCC(C(=O)O)[N+](C)(C)C)OC(=O)CCCCCCCCCCCCC. The van der Waals surface area contributed by atoms with Crippen molar-refractivity contribution >= 4 is 17.9 Å². The lowest BCUT2D eigenvalue weighted by Gasteiger charge is -2.31. The number of rotatable bonds is 32. The number of likely N-dealkylation sites (N-methyl/N-ethyl adjacent to an activating group) is 1. The van der Waals surface area contributed by atoms with Crippen molar-refractivity contribution in [3.05, 3.63) is 48.6 Å². The fourth-order valence-electron chi connectivity index (χ4n) is 5.16. The van der Waals surface area contributed by atoms with E-state index in [1.807, 2.05) is 57.6 Å². The van der Waals surface area contributed by atoms with Gasteiger partial charge in [0.2, 0.25) is 0 Å². The number of quaternary nitrogens is 1. The normalized spacial score (nSPS) is 13.6. The summed E-state index contributed by atoms with van der Waals surface area (Å²) in [6, 6.07) is -0.619. The molecule has 0 aromatic heterocycles. The molecule has 48 heavy (non-hydrogen) atoms. The summed E-state index contributed by atoms with van der Waals surface area (Å²) in [5.41, 5.74) is 0. The first-order chi connectivity index (χ1) is 23.1. The third kappa shape index (κ3) is 29.4. The van der Waals surface area contributed by atoms with Crippen LogP contribution in [0.1, 0.15) is 136 Å². The highest BCUT2D eigenvalue weighted by molar-refractivity contribution is 5.72. The van der Waals surface area contributed by atoms with Gasteiger partial charge in [-0.2, -0.15) is 0 Å². The predicted molar refractivity (Wildman–Crippen MR) is 197 cm³/mol.